The summed E-state index contributed by atoms with van der Waals surface area (Å²) in [6.07, 6.45) is 1.77. The monoisotopic (exact) mass is 212 g/mol. The molecule has 2 saturated carbocycles. The van der Waals surface area contributed by atoms with E-state index in [0.717, 1.165) is 12.8 Å². The number of fused-ring (bicyclic) bond motifs is 2. The van der Waals surface area contributed by atoms with Crippen LogP contribution in [-0.2, 0) is 4.79 Å². The first-order valence-corrected chi connectivity index (χ1v) is 5.70. The Kier molecular flexibility index (Phi) is 2.16. The molecule has 2 rings (SSSR count). The molecule has 15 heavy (non-hydrogen) atoms. The number of aliphatic hydroxyl groups excluding tert-OH is 1. The number of rotatable bonds is 2. The first kappa shape index (κ1) is 10.9. The Morgan fingerprint density at radius 2 is 2.00 bits per heavy atom. The second kappa shape index (κ2) is 2.97. The fraction of sp³-hybridized carbons (Fsp3) is 0.917. The molecule has 2 N–H and O–H groups in total. The third kappa shape index (κ3) is 1.19. The highest BCUT2D eigenvalue weighted by molar-refractivity contribution is 5.67. The van der Waals surface area contributed by atoms with Gasteiger partial charge in [0.1, 0.15) is 0 Å². The van der Waals surface area contributed by atoms with E-state index in [9.17, 15) is 9.90 Å². The third-order valence-electron chi connectivity index (χ3n) is 5.36. The third-order valence-corrected chi connectivity index (χ3v) is 5.36. The number of carboxylic acid groups (broad SMARTS) is 1. The second-order valence-electron chi connectivity index (χ2n) is 5.99. The average molecular weight is 212 g/mol. The smallest absolute Gasteiger partial charge is 0.303 e. The van der Waals surface area contributed by atoms with Gasteiger partial charge in [0.2, 0.25) is 0 Å². The second-order valence-corrected chi connectivity index (χ2v) is 5.99. The molecule has 2 fully saturated rings. The van der Waals surface area contributed by atoms with Gasteiger partial charge >= 0.3 is 5.97 Å². The minimum atomic E-state index is -0.786. The van der Waals surface area contributed by atoms with E-state index in [2.05, 4.69) is 20.8 Å². The lowest BCUT2D eigenvalue weighted by molar-refractivity contribution is -0.140. The predicted octanol–water partition coefficient (Wildman–Crippen LogP) is 1.89. The molecule has 0 amide bonds. The van der Waals surface area contributed by atoms with Gasteiger partial charge in [-0.25, -0.2) is 0 Å². The fourth-order valence-corrected chi connectivity index (χ4v) is 3.99. The molecule has 0 aromatic carbocycles. The minimum absolute atomic E-state index is 0.0451. The Balaban J connectivity index is 2.29. The van der Waals surface area contributed by atoms with Gasteiger partial charge in [-0.3, -0.25) is 4.79 Å². The molecule has 2 aliphatic rings. The molecule has 3 heteroatoms. The average Bonchev–Trinajstić information content (AvgIpc) is 2.40. The fourth-order valence-electron chi connectivity index (χ4n) is 3.99. The van der Waals surface area contributed by atoms with E-state index in [1.807, 2.05) is 0 Å². The first-order valence-electron chi connectivity index (χ1n) is 5.70. The molecule has 0 aromatic heterocycles. The van der Waals surface area contributed by atoms with Gasteiger partial charge < -0.3 is 10.2 Å². The van der Waals surface area contributed by atoms with Gasteiger partial charge in [0.25, 0.3) is 0 Å². The normalized spacial score (nSPS) is 47.1. The van der Waals surface area contributed by atoms with Gasteiger partial charge in [-0.15, -0.1) is 0 Å². The number of aliphatic carboxylic acids is 1. The number of carbonyl (C=O) groups is 1. The van der Waals surface area contributed by atoms with E-state index in [4.69, 9.17) is 5.11 Å². The van der Waals surface area contributed by atoms with Gasteiger partial charge in [0, 0.05) is 0 Å². The maximum atomic E-state index is 10.8. The molecule has 0 unspecified atom stereocenters. The van der Waals surface area contributed by atoms with Crippen molar-refractivity contribution in [3.8, 4) is 0 Å². The standard InChI is InChI=1S/C12H20O3/c1-11(2)8-4-5-12(11,3)10(15)7(8)6-9(13)14/h7-8,10,15H,4-6H2,1-3H3,(H,13,14)/t7-,8+,10+,12-/m0/s1. The molecule has 0 aliphatic heterocycles. The molecule has 4 atom stereocenters. The van der Waals surface area contributed by atoms with Crippen LogP contribution in [0.2, 0.25) is 0 Å². The lowest BCUT2D eigenvalue weighted by Gasteiger charge is -2.37. The number of hydrogen-bond donors (Lipinski definition) is 2. The Hall–Kier alpha value is -0.570. The summed E-state index contributed by atoms with van der Waals surface area (Å²) in [6.45, 7) is 6.46. The maximum Gasteiger partial charge on any atom is 0.303 e. The van der Waals surface area contributed by atoms with Crippen molar-refractivity contribution in [1.82, 2.24) is 0 Å². The summed E-state index contributed by atoms with van der Waals surface area (Å²) in [5.41, 5.74) is -0.00961. The molecule has 0 radical (unpaired) electrons. The molecule has 2 aliphatic carbocycles. The van der Waals surface area contributed by atoms with E-state index in [-0.39, 0.29) is 23.2 Å². The lowest BCUT2D eigenvalue weighted by atomic mass is 9.70. The van der Waals surface area contributed by atoms with Crippen LogP contribution >= 0.6 is 0 Å². The summed E-state index contributed by atoms with van der Waals surface area (Å²) >= 11 is 0. The van der Waals surface area contributed by atoms with Crippen LogP contribution < -0.4 is 0 Å². The van der Waals surface area contributed by atoms with Crippen LogP contribution in [0.5, 0.6) is 0 Å². The van der Waals surface area contributed by atoms with Gasteiger partial charge in [0.05, 0.1) is 12.5 Å². The number of hydrogen-bond acceptors (Lipinski definition) is 2. The van der Waals surface area contributed by atoms with E-state index in [1.165, 1.54) is 0 Å². The Labute approximate surface area is 90.5 Å². The molecular formula is C12H20O3. The molecule has 2 bridgehead atoms. The minimum Gasteiger partial charge on any atom is -0.481 e. The van der Waals surface area contributed by atoms with Crippen LogP contribution in [0.1, 0.15) is 40.0 Å². The van der Waals surface area contributed by atoms with E-state index >= 15 is 0 Å². The lowest BCUT2D eigenvalue weighted by Crippen LogP contribution is -2.38. The van der Waals surface area contributed by atoms with Crippen molar-refractivity contribution in [2.24, 2.45) is 22.7 Å². The van der Waals surface area contributed by atoms with Crippen LogP contribution in [0, 0.1) is 22.7 Å². The summed E-state index contributed by atoms with van der Waals surface area (Å²) < 4.78 is 0. The molecule has 86 valence electrons. The van der Waals surface area contributed by atoms with E-state index in [0.29, 0.717) is 5.92 Å². The van der Waals surface area contributed by atoms with Crippen LogP contribution in [0.15, 0.2) is 0 Å². The zero-order valence-corrected chi connectivity index (χ0v) is 9.66. The van der Waals surface area contributed by atoms with E-state index in [1.54, 1.807) is 0 Å². The van der Waals surface area contributed by atoms with Gasteiger partial charge in [-0.05, 0) is 35.5 Å². The molecule has 3 nitrogen and oxygen atoms in total. The van der Waals surface area contributed by atoms with Crippen LogP contribution in [-0.4, -0.2) is 22.3 Å². The number of carboxylic acids is 1. The molecule has 0 aromatic rings. The van der Waals surface area contributed by atoms with Crippen LogP contribution in [0.25, 0.3) is 0 Å². The first-order chi connectivity index (χ1) is 6.80. The number of aliphatic hydroxyl groups is 1. The zero-order valence-electron chi connectivity index (χ0n) is 9.66. The maximum absolute atomic E-state index is 10.8. The molecule has 0 spiro atoms. The largest absolute Gasteiger partial charge is 0.481 e. The van der Waals surface area contributed by atoms with Crippen molar-refractivity contribution in [2.75, 3.05) is 0 Å². The van der Waals surface area contributed by atoms with Crippen molar-refractivity contribution in [3.05, 3.63) is 0 Å². The SMILES string of the molecule is CC1(C)[C@@H]2CC[C@@]1(C)[C@H](O)[C@H]2CC(=O)O. The molecule has 0 saturated heterocycles. The summed E-state index contributed by atoms with van der Waals surface area (Å²) in [4.78, 5) is 10.8. The van der Waals surface area contributed by atoms with Gasteiger partial charge in [0.15, 0.2) is 0 Å². The highest BCUT2D eigenvalue weighted by Gasteiger charge is 2.65. The molecule has 0 heterocycles. The highest BCUT2D eigenvalue weighted by atomic mass is 16.4. The van der Waals surface area contributed by atoms with Crippen LogP contribution in [0.4, 0.5) is 0 Å². The summed E-state index contributed by atoms with van der Waals surface area (Å²) in [7, 11) is 0. The topological polar surface area (TPSA) is 57.5 Å². The Bertz CT molecular complexity index is 297. The zero-order chi connectivity index (χ0) is 11.4. The quantitative estimate of drug-likeness (QED) is 0.735. The van der Waals surface area contributed by atoms with Crippen LogP contribution in [0.3, 0.4) is 0 Å². The predicted molar refractivity (Wildman–Crippen MR) is 56.4 cm³/mol. The van der Waals surface area contributed by atoms with Crippen molar-refractivity contribution in [1.29, 1.82) is 0 Å². The van der Waals surface area contributed by atoms with Crippen molar-refractivity contribution in [3.63, 3.8) is 0 Å². The van der Waals surface area contributed by atoms with E-state index < -0.39 is 12.1 Å². The summed E-state index contributed by atoms with van der Waals surface area (Å²) in [5, 5.41) is 19.1. The molecular weight excluding hydrogens is 192 g/mol. The summed E-state index contributed by atoms with van der Waals surface area (Å²) in [6, 6.07) is 0. The highest BCUT2D eigenvalue weighted by Crippen LogP contribution is 2.68. The van der Waals surface area contributed by atoms with Gasteiger partial charge in [-0.1, -0.05) is 20.8 Å². The summed E-state index contributed by atoms with van der Waals surface area (Å²) in [5.74, 6) is -0.462. The van der Waals surface area contributed by atoms with Crippen molar-refractivity contribution < 1.29 is 15.0 Å². The Morgan fingerprint density at radius 1 is 1.40 bits per heavy atom. The van der Waals surface area contributed by atoms with Gasteiger partial charge in [-0.2, -0.15) is 0 Å². The van der Waals surface area contributed by atoms with Crippen molar-refractivity contribution >= 4 is 5.97 Å². The Morgan fingerprint density at radius 3 is 2.40 bits per heavy atom. The van der Waals surface area contributed by atoms with Crippen molar-refractivity contribution in [2.45, 2.75) is 46.1 Å².